The van der Waals surface area contributed by atoms with Gasteiger partial charge in [-0.3, -0.25) is 4.79 Å². The van der Waals surface area contributed by atoms with Gasteiger partial charge in [-0.05, 0) is 13.3 Å². The summed E-state index contributed by atoms with van der Waals surface area (Å²) in [6, 6.07) is 0. The van der Waals surface area contributed by atoms with E-state index in [1.54, 1.807) is 0 Å². The number of allylic oxidation sites excluding steroid dienone is 3. The Balaban J connectivity index is 3.36. The normalized spacial score (nSPS) is 10.1. The molecule has 0 aromatic heterocycles. The molecule has 0 heterocycles. The predicted molar refractivity (Wildman–Crippen MR) is 40.8 cm³/mol. The van der Waals surface area contributed by atoms with Crippen molar-refractivity contribution in [3.63, 3.8) is 0 Å². The molecule has 0 fully saturated rings. The molecule has 0 amide bonds. The van der Waals surface area contributed by atoms with Gasteiger partial charge in [-0.1, -0.05) is 24.3 Å². The van der Waals surface area contributed by atoms with E-state index in [0.717, 1.165) is 5.57 Å². The molecule has 2 heteroatoms. The van der Waals surface area contributed by atoms with Crippen LogP contribution >= 0.6 is 0 Å². The molecule has 0 saturated heterocycles. The van der Waals surface area contributed by atoms with Crippen molar-refractivity contribution in [1.29, 1.82) is 0 Å². The number of carbonyl (C=O) groups is 1. The van der Waals surface area contributed by atoms with Crippen molar-refractivity contribution >= 4 is 5.97 Å². The van der Waals surface area contributed by atoms with Crippen molar-refractivity contribution < 1.29 is 9.90 Å². The fourth-order valence-electron chi connectivity index (χ4n) is 0.491. The smallest absolute Gasteiger partial charge is 0.303 e. The Morgan fingerprint density at radius 3 is 2.70 bits per heavy atom. The SMILES string of the molecule is C=C(C)/C=C/CCC(=O)O. The van der Waals surface area contributed by atoms with Gasteiger partial charge in [-0.2, -0.15) is 0 Å². The molecular formula is C8H12O2. The molecule has 1 N–H and O–H groups in total. The zero-order valence-electron chi connectivity index (χ0n) is 6.13. The third kappa shape index (κ3) is 6.95. The second-order valence-corrected chi connectivity index (χ2v) is 2.18. The first-order valence-electron chi connectivity index (χ1n) is 3.17. The highest BCUT2D eigenvalue weighted by Gasteiger charge is 1.90. The summed E-state index contributed by atoms with van der Waals surface area (Å²) in [4.78, 5) is 9.99. The van der Waals surface area contributed by atoms with Gasteiger partial charge in [0.1, 0.15) is 0 Å². The highest BCUT2D eigenvalue weighted by molar-refractivity contribution is 5.66. The summed E-state index contributed by atoms with van der Waals surface area (Å²) in [6.07, 6.45) is 4.42. The first-order chi connectivity index (χ1) is 4.63. The molecule has 0 aliphatic rings. The number of hydrogen-bond donors (Lipinski definition) is 1. The minimum absolute atomic E-state index is 0.198. The van der Waals surface area contributed by atoms with Crippen LogP contribution in [0.15, 0.2) is 24.3 Å². The molecule has 0 aromatic rings. The highest BCUT2D eigenvalue weighted by atomic mass is 16.4. The monoisotopic (exact) mass is 140 g/mol. The van der Waals surface area contributed by atoms with E-state index in [-0.39, 0.29) is 6.42 Å². The Hall–Kier alpha value is -1.05. The van der Waals surface area contributed by atoms with Crippen molar-refractivity contribution in [1.82, 2.24) is 0 Å². The van der Waals surface area contributed by atoms with E-state index in [4.69, 9.17) is 5.11 Å². The van der Waals surface area contributed by atoms with Crippen LogP contribution in [0.2, 0.25) is 0 Å². The average Bonchev–Trinajstić information content (AvgIpc) is 1.79. The van der Waals surface area contributed by atoms with Gasteiger partial charge in [0.2, 0.25) is 0 Å². The largest absolute Gasteiger partial charge is 0.481 e. The van der Waals surface area contributed by atoms with Crippen LogP contribution in [0, 0.1) is 0 Å². The second-order valence-electron chi connectivity index (χ2n) is 2.18. The van der Waals surface area contributed by atoms with Crippen molar-refractivity contribution in [3.8, 4) is 0 Å². The zero-order chi connectivity index (χ0) is 7.98. The molecule has 56 valence electrons. The van der Waals surface area contributed by atoms with Crippen LogP contribution in [0.3, 0.4) is 0 Å². The summed E-state index contributed by atoms with van der Waals surface area (Å²) < 4.78 is 0. The van der Waals surface area contributed by atoms with Gasteiger partial charge in [-0.15, -0.1) is 0 Å². The molecule has 0 atom stereocenters. The fourth-order valence-corrected chi connectivity index (χ4v) is 0.491. The maximum atomic E-state index is 9.99. The van der Waals surface area contributed by atoms with Crippen LogP contribution in [0.5, 0.6) is 0 Å². The standard InChI is InChI=1S/C8H12O2/c1-7(2)5-3-4-6-8(9)10/h3,5H,1,4,6H2,2H3,(H,9,10)/b5-3+. The van der Waals surface area contributed by atoms with Gasteiger partial charge >= 0.3 is 5.97 Å². The van der Waals surface area contributed by atoms with E-state index in [1.165, 1.54) is 0 Å². The molecule has 0 saturated carbocycles. The highest BCUT2D eigenvalue weighted by Crippen LogP contribution is 1.94. The maximum absolute atomic E-state index is 9.99. The number of hydrogen-bond acceptors (Lipinski definition) is 1. The summed E-state index contributed by atoms with van der Waals surface area (Å²) in [6.45, 7) is 5.51. The van der Waals surface area contributed by atoms with Crippen LogP contribution in [0.25, 0.3) is 0 Å². The first kappa shape index (κ1) is 8.95. The van der Waals surface area contributed by atoms with Gasteiger partial charge in [-0.25, -0.2) is 0 Å². The Morgan fingerprint density at radius 2 is 2.30 bits per heavy atom. The van der Waals surface area contributed by atoms with Crippen LogP contribution < -0.4 is 0 Å². The summed E-state index contributed by atoms with van der Waals surface area (Å²) >= 11 is 0. The van der Waals surface area contributed by atoms with Crippen LogP contribution in [0.4, 0.5) is 0 Å². The Morgan fingerprint density at radius 1 is 1.70 bits per heavy atom. The van der Waals surface area contributed by atoms with E-state index < -0.39 is 5.97 Å². The fraction of sp³-hybridized carbons (Fsp3) is 0.375. The van der Waals surface area contributed by atoms with Gasteiger partial charge in [0, 0.05) is 6.42 Å². The molecule has 0 bridgehead atoms. The molecule has 0 aromatic carbocycles. The van der Waals surface area contributed by atoms with Crippen molar-refractivity contribution in [3.05, 3.63) is 24.3 Å². The predicted octanol–water partition coefficient (Wildman–Crippen LogP) is 1.98. The van der Waals surface area contributed by atoms with E-state index >= 15 is 0 Å². The third-order valence-electron chi connectivity index (χ3n) is 0.927. The lowest BCUT2D eigenvalue weighted by Crippen LogP contribution is -1.91. The molecule has 0 rings (SSSR count). The van der Waals surface area contributed by atoms with E-state index in [0.29, 0.717) is 6.42 Å². The topological polar surface area (TPSA) is 37.3 Å². The minimum Gasteiger partial charge on any atom is -0.481 e. The lowest BCUT2D eigenvalue weighted by Gasteiger charge is -1.87. The Bertz CT molecular complexity index is 157. The molecular weight excluding hydrogens is 128 g/mol. The van der Waals surface area contributed by atoms with Gasteiger partial charge in [0.15, 0.2) is 0 Å². The molecule has 2 nitrogen and oxygen atoms in total. The molecule has 0 spiro atoms. The van der Waals surface area contributed by atoms with Gasteiger partial charge in [0.05, 0.1) is 0 Å². The number of carboxylic acids is 1. The lowest BCUT2D eigenvalue weighted by molar-refractivity contribution is -0.136. The summed E-state index contributed by atoms with van der Waals surface area (Å²) in [5.41, 5.74) is 0.949. The second kappa shape index (κ2) is 4.79. The van der Waals surface area contributed by atoms with Gasteiger partial charge in [0.25, 0.3) is 0 Å². The Labute approximate surface area is 60.9 Å². The van der Waals surface area contributed by atoms with Crippen LogP contribution in [-0.4, -0.2) is 11.1 Å². The summed E-state index contributed by atoms with van der Waals surface area (Å²) in [7, 11) is 0. The number of rotatable bonds is 4. The Kier molecular flexibility index (Phi) is 4.29. The van der Waals surface area contributed by atoms with Crippen LogP contribution in [-0.2, 0) is 4.79 Å². The minimum atomic E-state index is -0.758. The van der Waals surface area contributed by atoms with Crippen molar-refractivity contribution in [2.24, 2.45) is 0 Å². The molecule has 0 aliphatic heterocycles. The lowest BCUT2D eigenvalue weighted by atomic mass is 10.2. The quantitative estimate of drug-likeness (QED) is 0.606. The molecule has 10 heavy (non-hydrogen) atoms. The summed E-state index contributed by atoms with van der Waals surface area (Å²) in [5.74, 6) is -0.758. The number of aliphatic carboxylic acids is 1. The van der Waals surface area contributed by atoms with E-state index in [1.807, 2.05) is 19.1 Å². The van der Waals surface area contributed by atoms with E-state index in [9.17, 15) is 4.79 Å². The number of carboxylic acid groups (broad SMARTS) is 1. The molecule has 0 aliphatic carbocycles. The molecule has 0 unspecified atom stereocenters. The van der Waals surface area contributed by atoms with Crippen LogP contribution in [0.1, 0.15) is 19.8 Å². The van der Waals surface area contributed by atoms with Gasteiger partial charge < -0.3 is 5.11 Å². The molecule has 0 radical (unpaired) electrons. The van der Waals surface area contributed by atoms with Crippen molar-refractivity contribution in [2.75, 3.05) is 0 Å². The maximum Gasteiger partial charge on any atom is 0.303 e. The summed E-state index contributed by atoms with van der Waals surface area (Å²) in [5, 5.41) is 8.22. The zero-order valence-corrected chi connectivity index (χ0v) is 6.13. The third-order valence-corrected chi connectivity index (χ3v) is 0.927. The van der Waals surface area contributed by atoms with Crippen molar-refractivity contribution in [2.45, 2.75) is 19.8 Å². The van der Waals surface area contributed by atoms with E-state index in [2.05, 4.69) is 6.58 Å². The first-order valence-corrected chi connectivity index (χ1v) is 3.17. The average molecular weight is 140 g/mol.